The maximum atomic E-state index is 12.4. The molecule has 0 spiro atoms. The fourth-order valence-corrected chi connectivity index (χ4v) is 5.99. The van der Waals surface area contributed by atoms with Gasteiger partial charge in [-0.3, -0.25) is 8.98 Å². The van der Waals surface area contributed by atoms with Crippen molar-refractivity contribution in [3.05, 3.63) is 29.8 Å². The van der Waals surface area contributed by atoms with Gasteiger partial charge in [0.25, 0.3) is 10.1 Å². The lowest BCUT2D eigenvalue weighted by molar-refractivity contribution is -0.130. The smallest absolute Gasteiger partial charge is 0.296 e. The van der Waals surface area contributed by atoms with Crippen LogP contribution < -0.4 is 0 Å². The molecule has 0 aromatic heterocycles. The van der Waals surface area contributed by atoms with Crippen molar-refractivity contribution in [2.45, 2.75) is 57.8 Å². The van der Waals surface area contributed by atoms with E-state index in [1.54, 1.807) is 24.3 Å². The minimum atomic E-state index is -3.73. The van der Waals surface area contributed by atoms with Crippen LogP contribution in [-0.2, 0) is 19.1 Å². The first kappa shape index (κ1) is 18.6. The lowest BCUT2D eigenvalue weighted by Gasteiger charge is -2.42. The number of carbonyl (C=O) groups excluding carboxylic acids is 1. The molecule has 0 aliphatic heterocycles. The zero-order chi connectivity index (χ0) is 18.2. The molecule has 0 saturated heterocycles. The molecule has 1 aromatic carbocycles. The van der Waals surface area contributed by atoms with E-state index in [2.05, 4.69) is 13.8 Å². The predicted molar refractivity (Wildman–Crippen MR) is 96.7 cm³/mol. The summed E-state index contributed by atoms with van der Waals surface area (Å²) >= 11 is 0. The standard InChI is InChI=1S/C20H28O4S/c1-14-6-8-16(9-7-14)25(22,23)24-13-15(2)17-10-11-18-19(21)5-4-12-20(17,18)3/h6-9,15,17-18H,4-5,10-13H2,1-3H3/t15-,17?,18?,20?/m1/s1. The molecule has 5 heteroatoms. The molecule has 2 fully saturated rings. The van der Waals surface area contributed by atoms with Crippen LogP contribution in [0.1, 0.15) is 51.5 Å². The summed E-state index contributed by atoms with van der Waals surface area (Å²) in [6.07, 6.45) is 4.65. The summed E-state index contributed by atoms with van der Waals surface area (Å²) in [5, 5.41) is 0. The molecule has 4 atom stereocenters. The Balaban J connectivity index is 1.67. The number of hydrogen-bond donors (Lipinski definition) is 0. The minimum absolute atomic E-state index is 0.00569. The molecular weight excluding hydrogens is 336 g/mol. The fraction of sp³-hybridized carbons (Fsp3) is 0.650. The van der Waals surface area contributed by atoms with E-state index in [4.69, 9.17) is 4.18 Å². The van der Waals surface area contributed by atoms with Gasteiger partial charge in [-0.05, 0) is 62.0 Å². The van der Waals surface area contributed by atoms with Crippen LogP contribution >= 0.6 is 0 Å². The van der Waals surface area contributed by atoms with Gasteiger partial charge in [-0.25, -0.2) is 0 Å². The van der Waals surface area contributed by atoms with Gasteiger partial charge in [0.2, 0.25) is 0 Å². The Labute approximate surface area is 151 Å². The van der Waals surface area contributed by atoms with E-state index in [9.17, 15) is 13.2 Å². The van der Waals surface area contributed by atoms with Crippen LogP contribution in [0.25, 0.3) is 0 Å². The third-order valence-corrected chi connectivity index (χ3v) is 7.72. The highest BCUT2D eigenvalue weighted by Crippen LogP contribution is 2.56. The molecule has 0 amide bonds. The molecule has 25 heavy (non-hydrogen) atoms. The summed E-state index contributed by atoms with van der Waals surface area (Å²) in [6.45, 7) is 6.37. The Morgan fingerprint density at radius 3 is 2.60 bits per heavy atom. The number of carbonyl (C=O) groups is 1. The molecule has 4 nitrogen and oxygen atoms in total. The average molecular weight is 365 g/mol. The van der Waals surface area contributed by atoms with Gasteiger partial charge in [-0.2, -0.15) is 8.42 Å². The molecule has 2 aliphatic rings. The van der Waals surface area contributed by atoms with Crippen LogP contribution in [0.4, 0.5) is 0 Å². The van der Waals surface area contributed by atoms with Gasteiger partial charge in [-0.1, -0.05) is 31.5 Å². The highest BCUT2D eigenvalue weighted by atomic mass is 32.2. The summed E-state index contributed by atoms with van der Waals surface area (Å²) in [6, 6.07) is 6.72. The van der Waals surface area contributed by atoms with Crippen molar-refractivity contribution in [1.29, 1.82) is 0 Å². The summed E-state index contributed by atoms with van der Waals surface area (Å²) in [5.41, 5.74) is 1.02. The van der Waals surface area contributed by atoms with Gasteiger partial charge in [0.15, 0.2) is 0 Å². The normalized spacial score (nSPS) is 30.9. The summed E-state index contributed by atoms with van der Waals surface area (Å²) in [4.78, 5) is 12.5. The van der Waals surface area contributed by atoms with Crippen LogP contribution in [0.5, 0.6) is 0 Å². The fourth-order valence-electron chi connectivity index (χ4n) is 4.99. The van der Waals surface area contributed by atoms with Gasteiger partial charge >= 0.3 is 0 Å². The molecule has 2 saturated carbocycles. The highest BCUT2D eigenvalue weighted by molar-refractivity contribution is 7.86. The highest BCUT2D eigenvalue weighted by Gasteiger charge is 2.52. The lowest BCUT2D eigenvalue weighted by Crippen LogP contribution is -2.40. The first-order valence-corrected chi connectivity index (χ1v) is 10.6. The molecular formula is C20H28O4S. The number of fused-ring (bicyclic) bond motifs is 1. The number of aryl methyl sites for hydroxylation is 1. The number of Topliss-reactive ketones (excluding diaryl/α,β-unsaturated/α-hetero) is 1. The summed E-state index contributed by atoms with van der Waals surface area (Å²) in [7, 11) is -3.73. The molecule has 0 bridgehead atoms. The van der Waals surface area contributed by atoms with Crippen LogP contribution in [0.3, 0.4) is 0 Å². The molecule has 0 N–H and O–H groups in total. The zero-order valence-corrected chi connectivity index (χ0v) is 16.1. The Kier molecular flexibility index (Phi) is 5.09. The van der Waals surface area contributed by atoms with E-state index in [1.807, 2.05) is 6.92 Å². The van der Waals surface area contributed by atoms with Gasteiger partial charge in [0.05, 0.1) is 11.5 Å². The van der Waals surface area contributed by atoms with Crippen molar-refractivity contribution >= 4 is 15.9 Å². The SMILES string of the molecule is Cc1ccc(S(=O)(=O)OC[C@@H](C)C2CCC3C(=O)CCCC32C)cc1. The first-order valence-electron chi connectivity index (χ1n) is 9.23. The third-order valence-electron chi connectivity index (χ3n) is 6.42. The van der Waals surface area contributed by atoms with E-state index in [1.165, 1.54) is 0 Å². The zero-order valence-electron chi connectivity index (χ0n) is 15.3. The van der Waals surface area contributed by atoms with E-state index in [-0.39, 0.29) is 28.8 Å². The van der Waals surface area contributed by atoms with Gasteiger partial charge in [0, 0.05) is 12.3 Å². The van der Waals surface area contributed by atoms with Crippen LogP contribution in [0, 0.1) is 30.1 Å². The molecule has 2 aliphatic carbocycles. The van der Waals surface area contributed by atoms with E-state index >= 15 is 0 Å². The van der Waals surface area contributed by atoms with Crippen molar-refractivity contribution in [3.8, 4) is 0 Å². The monoisotopic (exact) mass is 364 g/mol. The van der Waals surface area contributed by atoms with Crippen molar-refractivity contribution in [2.75, 3.05) is 6.61 Å². The molecule has 138 valence electrons. The maximum absolute atomic E-state index is 12.4. The van der Waals surface area contributed by atoms with E-state index < -0.39 is 10.1 Å². The topological polar surface area (TPSA) is 60.4 Å². The van der Waals surface area contributed by atoms with Crippen LogP contribution in [0.15, 0.2) is 29.2 Å². The lowest BCUT2D eigenvalue weighted by atomic mass is 9.62. The van der Waals surface area contributed by atoms with Crippen LogP contribution in [-0.4, -0.2) is 20.8 Å². The van der Waals surface area contributed by atoms with Crippen molar-refractivity contribution in [1.82, 2.24) is 0 Å². The Bertz CT molecular complexity index is 737. The van der Waals surface area contributed by atoms with Gasteiger partial charge in [0.1, 0.15) is 5.78 Å². The summed E-state index contributed by atoms with van der Waals surface area (Å²) < 4.78 is 30.2. The van der Waals surface area contributed by atoms with Crippen LogP contribution in [0.2, 0.25) is 0 Å². The molecule has 3 rings (SSSR count). The van der Waals surface area contributed by atoms with Crippen molar-refractivity contribution < 1.29 is 17.4 Å². The molecule has 1 aromatic rings. The van der Waals surface area contributed by atoms with Crippen molar-refractivity contribution in [2.24, 2.45) is 23.2 Å². The average Bonchev–Trinajstić information content (AvgIpc) is 2.92. The summed E-state index contributed by atoms with van der Waals surface area (Å²) in [5.74, 6) is 1.01. The Morgan fingerprint density at radius 2 is 1.92 bits per heavy atom. The number of ketones is 1. The van der Waals surface area contributed by atoms with Gasteiger partial charge < -0.3 is 0 Å². The second kappa shape index (κ2) is 6.84. The maximum Gasteiger partial charge on any atom is 0.296 e. The molecule has 3 unspecified atom stereocenters. The van der Waals surface area contributed by atoms with E-state index in [0.717, 1.165) is 31.2 Å². The Morgan fingerprint density at radius 1 is 1.24 bits per heavy atom. The molecule has 0 heterocycles. The van der Waals surface area contributed by atoms with E-state index in [0.29, 0.717) is 18.1 Å². The Hall–Kier alpha value is -1.20. The minimum Gasteiger partial charge on any atom is -0.299 e. The predicted octanol–water partition coefficient (Wildman–Crippen LogP) is 4.12. The quantitative estimate of drug-likeness (QED) is 0.737. The number of benzene rings is 1. The third kappa shape index (κ3) is 3.54. The first-order chi connectivity index (χ1) is 11.7. The van der Waals surface area contributed by atoms with Gasteiger partial charge in [-0.15, -0.1) is 0 Å². The number of hydrogen-bond acceptors (Lipinski definition) is 4. The second-order valence-electron chi connectivity index (χ2n) is 8.09. The number of rotatable bonds is 5. The van der Waals surface area contributed by atoms with Crippen molar-refractivity contribution in [3.63, 3.8) is 0 Å². The second-order valence-corrected chi connectivity index (χ2v) is 9.71. The molecule has 0 radical (unpaired) electrons. The largest absolute Gasteiger partial charge is 0.299 e.